The molecular weight excluding hydrogens is 456 g/mol. The van der Waals surface area contributed by atoms with Crippen molar-refractivity contribution in [2.75, 3.05) is 13.1 Å². The molecule has 36 heavy (non-hydrogen) atoms. The summed E-state index contributed by atoms with van der Waals surface area (Å²) in [5.41, 5.74) is 4.10. The molecule has 0 bridgehead atoms. The van der Waals surface area contributed by atoms with E-state index in [0.29, 0.717) is 23.5 Å². The summed E-state index contributed by atoms with van der Waals surface area (Å²) in [5.74, 6) is 0.335. The zero-order valence-corrected chi connectivity index (χ0v) is 21.3. The van der Waals surface area contributed by atoms with Gasteiger partial charge in [-0.3, -0.25) is 14.5 Å². The maximum atomic E-state index is 14.0. The van der Waals surface area contributed by atoms with Gasteiger partial charge in [-0.2, -0.15) is 0 Å². The van der Waals surface area contributed by atoms with E-state index in [0.717, 1.165) is 16.7 Å². The fourth-order valence-corrected chi connectivity index (χ4v) is 5.00. The minimum Gasteiger partial charge on any atom is -0.467 e. The van der Waals surface area contributed by atoms with E-state index < -0.39 is 12.1 Å². The van der Waals surface area contributed by atoms with E-state index >= 15 is 0 Å². The first-order valence-electron chi connectivity index (χ1n) is 12.3. The third kappa shape index (κ3) is 4.94. The van der Waals surface area contributed by atoms with Crippen molar-refractivity contribution in [3.63, 3.8) is 0 Å². The number of furan rings is 1. The standard InChI is InChI=1S/C28H34N4O4/c1-6-11-31-23-16-32(22(13-17(2)3)26(33)29-15-20-8-7-12-36-20)27(34)24(23)25(30-28(31)35)21-10-9-18(4)14-19(21)5/h6-10,12,14,17,22,25H,1,11,13,15-16H2,2-5H3,(H,29,33)(H,30,35)/t22-,25+/m0/s1. The molecule has 0 spiro atoms. The third-order valence-electron chi connectivity index (χ3n) is 6.69. The Bertz CT molecular complexity index is 1200. The van der Waals surface area contributed by atoms with E-state index in [4.69, 9.17) is 4.42 Å². The van der Waals surface area contributed by atoms with Crippen molar-refractivity contribution < 1.29 is 18.8 Å². The number of carbonyl (C=O) groups excluding carboxylic acids is 3. The molecule has 2 aromatic rings. The Balaban J connectivity index is 1.68. The molecule has 8 heteroatoms. The monoisotopic (exact) mass is 490 g/mol. The summed E-state index contributed by atoms with van der Waals surface area (Å²) in [6.45, 7) is 12.5. The van der Waals surface area contributed by atoms with Gasteiger partial charge in [-0.15, -0.1) is 6.58 Å². The van der Waals surface area contributed by atoms with Gasteiger partial charge in [0, 0.05) is 6.54 Å². The molecule has 0 fully saturated rings. The van der Waals surface area contributed by atoms with Crippen molar-refractivity contribution >= 4 is 17.8 Å². The topological polar surface area (TPSA) is 94.9 Å². The summed E-state index contributed by atoms with van der Waals surface area (Å²) in [4.78, 5) is 43.6. The van der Waals surface area contributed by atoms with E-state index in [1.807, 2.05) is 45.9 Å². The lowest BCUT2D eigenvalue weighted by atomic mass is 9.91. The van der Waals surface area contributed by atoms with Crippen molar-refractivity contribution in [2.24, 2.45) is 5.92 Å². The smallest absolute Gasteiger partial charge is 0.322 e. The van der Waals surface area contributed by atoms with E-state index in [2.05, 4.69) is 17.2 Å². The average molecular weight is 491 g/mol. The second-order valence-corrected chi connectivity index (χ2v) is 9.88. The van der Waals surface area contributed by atoms with Crippen LogP contribution < -0.4 is 10.6 Å². The molecule has 0 aliphatic carbocycles. The lowest BCUT2D eigenvalue weighted by Gasteiger charge is -2.33. The first kappa shape index (κ1) is 25.3. The first-order valence-corrected chi connectivity index (χ1v) is 12.3. The number of amides is 4. The normalized spacial score (nSPS) is 18.4. The molecule has 2 aliphatic heterocycles. The number of urea groups is 1. The number of hydrogen-bond acceptors (Lipinski definition) is 4. The van der Waals surface area contributed by atoms with Gasteiger partial charge in [-0.05, 0) is 49.4 Å². The average Bonchev–Trinajstić information content (AvgIpc) is 3.46. The molecule has 0 saturated heterocycles. The van der Waals surface area contributed by atoms with Crippen LogP contribution in [0.4, 0.5) is 4.79 Å². The van der Waals surface area contributed by atoms with Crippen LogP contribution >= 0.6 is 0 Å². The van der Waals surface area contributed by atoms with Gasteiger partial charge >= 0.3 is 6.03 Å². The van der Waals surface area contributed by atoms with Gasteiger partial charge < -0.3 is 20.0 Å². The van der Waals surface area contributed by atoms with Gasteiger partial charge in [0.2, 0.25) is 5.91 Å². The van der Waals surface area contributed by atoms with Gasteiger partial charge in [0.1, 0.15) is 11.8 Å². The molecular formula is C28H34N4O4. The molecule has 1 aromatic heterocycles. The highest BCUT2D eigenvalue weighted by Crippen LogP contribution is 2.38. The fraction of sp³-hybridized carbons (Fsp3) is 0.393. The molecule has 0 radical (unpaired) electrons. The molecule has 0 saturated carbocycles. The molecule has 4 amide bonds. The molecule has 4 rings (SSSR count). The lowest BCUT2D eigenvalue weighted by molar-refractivity contribution is -0.137. The number of aryl methyl sites for hydroxylation is 2. The minimum absolute atomic E-state index is 0.175. The maximum absolute atomic E-state index is 14.0. The van der Waals surface area contributed by atoms with Crippen LogP contribution in [-0.4, -0.2) is 46.8 Å². The number of benzene rings is 1. The highest BCUT2D eigenvalue weighted by Gasteiger charge is 2.47. The van der Waals surface area contributed by atoms with Gasteiger partial charge in [0.05, 0.1) is 36.7 Å². The molecule has 3 heterocycles. The molecule has 2 atom stereocenters. The van der Waals surface area contributed by atoms with Crippen LogP contribution in [0.25, 0.3) is 0 Å². The van der Waals surface area contributed by atoms with Crippen molar-refractivity contribution in [1.29, 1.82) is 0 Å². The van der Waals surface area contributed by atoms with E-state index in [1.165, 1.54) is 0 Å². The van der Waals surface area contributed by atoms with Crippen LogP contribution in [0.5, 0.6) is 0 Å². The van der Waals surface area contributed by atoms with E-state index in [9.17, 15) is 14.4 Å². The summed E-state index contributed by atoms with van der Waals surface area (Å²) in [6, 6.07) is 7.98. The molecule has 8 nitrogen and oxygen atoms in total. The van der Waals surface area contributed by atoms with E-state index in [-0.39, 0.29) is 43.4 Å². The Morgan fingerprint density at radius 2 is 2.06 bits per heavy atom. The van der Waals surface area contributed by atoms with Crippen molar-refractivity contribution in [3.05, 3.63) is 83.0 Å². The summed E-state index contributed by atoms with van der Waals surface area (Å²) in [5, 5.41) is 5.94. The molecule has 190 valence electrons. The lowest BCUT2D eigenvalue weighted by Crippen LogP contribution is -2.49. The number of rotatable bonds is 9. The maximum Gasteiger partial charge on any atom is 0.322 e. The fourth-order valence-electron chi connectivity index (χ4n) is 5.00. The van der Waals surface area contributed by atoms with Crippen molar-refractivity contribution in [1.82, 2.24) is 20.4 Å². The van der Waals surface area contributed by atoms with Crippen LogP contribution in [0.2, 0.25) is 0 Å². The zero-order chi connectivity index (χ0) is 26.0. The first-order chi connectivity index (χ1) is 17.2. The molecule has 2 N–H and O–H groups in total. The predicted octanol–water partition coefficient (Wildman–Crippen LogP) is 3.98. The number of nitrogens with one attached hydrogen (secondary N) is 2. The summed E-state index contributed by atoms with van der Waals surface area (Å²) >= 11 is 0. The van der Waals surface area contributed by atoms with Gasteiger partial charge in [-0.1, -0.05) is 43.7 Å². The second kappa shape index (κ2) is 10.4. The van der Waals surface area contributed by atoms with Crippen molar-refractivity contribution in [3.8, 4) is 0 Å². The minimum atomic E-state index is -0.682. The number of hydrogen-bond donors (Lipinski definition) is 2. The largest absolute Gasteiger partial charge is 0.467 e. The second-order valence-electron chi connectivity index (χ2n) is 9.88. The number of carbonyl (C=O) groups is 3. The zero-order valence-electron chi connectivity index (χ0n) is 21.3. The Kier molecular flexibility index (Phi) is 7.33. The summed E-state index contributed by atoms with van der Waals surface area (Å²) < 4.78 is 5.34. The molecule has 1 aromatic carbocycles. The van der Waals surface area contributed by atoms with Crippen LogP contribution in [0.15, 0.2) is 64.9 Å². The Labute approximate surface area is 212 Å². The molecule has 2 aliphatic rings. The van der Waals surface area contributed by atoms with Gasteiger partial charge in [0.15, 0.2) is 0 Å². The Hall–Kier alpha value is -3.81. The summed E-state index contributed by atoms with van der Waals surface area (Å²) in [7, 11) is 0. The molecule has 0 unspecified atom stereocenters. The number of nitrogens with zero attached hydrogens (tertiary/aromatic N) is 2. The Morgan fingerprint density at radius 1 is 1.28 bits per heavy atom. The highest BCUT2D eigenvalue weighted by molar-refractivity contribution is 6.03. The van der Waals surface area contributed by atoms with E-state index in [1.54, 1.807) is 34.3 Å². The van der Waals surface area contributed by atoms with Crippen LogP contribution in [-0.2, 0) is 16.1 Å². The summed E-state index contributed by atoms with van der Waals surface area (Å²) in [6.07, 6.45) is 3.68. The quantitative estimate of drug-likeness (QED) is 0.520. The van der Waals surface area contributed by atoms with Crippen LogP contribution in [0.3, 0.4) is 0 Å². The van der Waals surface area contributed by atoms with Crippen molar-refractivity contribution in [2.45, 2.75) is 52.7 Å². The Morgan fingerprint density at radius 3 is 2.69 bits per heavy atom. The van der Waals surface area contributed by atoms with Crippen LogP contribution in [0.1, 0.15) is 48.8 Å². The van der Waals surface area contributed by atoms with Gasteiger partial charge in [0.25, 0.3) is 5.91 Å². The van der Waals surface area contributed by atoms with Gasteiger partial charge in [-0.25, -0.2) is 4.79 Å². The predicted molar refractivity (Wildman–Crippen MR) is 137 cm³/mol. The highest BCUT2D eigenvalue weighted by atomic mass is 16.3. The SMILES string of the molecule is C=CCN1C(=O)N[C@H](c2ccc(C)cc2C)C2=C1CN([C@@H](CC(C)C)C(=O)NCc1ccco1)C2=O. The third-order valence-corrected chi connectivity index (χ3v) is 6.69. The van der Waals surface area contributed by atoms with Crippen LogP contribution in [0, 0.1) is 19.8 Å².